The van der Waals surface area contributed by atoms with Crippen molar-refractivity contribution in [3.8, 4) is 0 Å². The average Bonchev–Trinajstić information content (AvgIpc) is 2.04. The van der Waals surface area contributed by atoms with E-state index in [1.54, 1.807) is 25.4 Å². The third kappa shape index (κ3) is 1.61. The van der Waals surface area contributed by atoms with Crippen LogP contribution < -0.4 is 0 Å². The Morgan fingerprint density at radius 1 is 1.67 bits per heavy atom. The number of hydrogen-bond donors (Lipinski definition) is 1. The van der Waals surface area contributed by atoms with Crippen LogP contribution in [0.3, 0.4) is 0 Å². The molecule has 0 amide bonds. The summed E-state index contributed by atoms with van der Waals surface area (Å²) < 4.78 is 0. The maximum Gasteiger partial charge on any atom is 0.310 e. The summed E-state index contributed by atoms with van der Waals surface area (Å²) in [5.41, 5.74) is 1.75. The molecule has 1 aromatic heterocycles. The zero-order valence-electron chi connectivity index (χ0n) is 7.11. The van der Waals surface area contributed by atoms with Crippen LogP contribution in [0.4, 0.5) is 0 Å². The summed E-state index contributed by atoms with van der Waals surface area (Å²) in [5.74, 6) is -1.25. The first-order valence-electron chi connectivity index (χ1n) is 3.76. The number of carboxylic acids is 1. The first-order chi connectivity index (χ1) is 5.63. The maximum atomic E-state index is 10.6. The van der Waals surface area contributed by atoms with Crippen molar-refractivity contribution >= 4 is 5.97 Å². The second kappa shape index (κ2) is 3.34. The van der Waals surface area contributed by atoms with E-state index in [-0.39, 0.29) is 0 Å². The van der Waals surface area contributed by atoms with E-state index >= 15 is 0 Å². The van der Waals surface area contributed by atoms with Gasteiger partial charge < -0.3 is 5.11 Å². The molecular formula is C9H11NO2. The molecule has 0 saturated carbocycles. The lowest BCUT2D eigenvalue weighted by Gasteiger charge is -2.08. The van der Waals surface area contributed by atoms with Crippen molar-refractivity contribution < 1.29 is 9.90 Å². The minimum absolute atomic E-state index is 0.451. The van der Waals surface area contributed by atoms with Crippen molar-refractivity contribution in [2.45, 2.75) is 19.8 Å². The van der Waals surface area contributed by atoms with Crippen LogP contribution in [-0.2, 0) is 4.79 Å². The first kappa shape index (κ1) is 8.71. The van der Waals surface area contributed by atoms with Gasteiger partial charge in [-0.2, -0.15) is 0 Å². The van der Waals surface area contributed by atoms with Gasteiger partial charge in [-0.25, -0.2) is 0 Å². The number of rotatable bonds is 2. The molecule has 1 N–H and O–H groups in total. The minimum Gasteiger partial charge on any atom is -0.481 e. The van der Waals surface area contributed by atoms with E-state index in [9.17, 15) is 4.79 Å². The van der Waals surface area contributed by atoms with Crippen LogP contribution in [0, 0.1) is 6.92 Å². The molecule has 0 aliphatic carbocycles. The topological polar surface area (TPSA) is 50.2 Å². The summed E-state index contributed by atoms with van der Waals surface area (Å²) in [7, 11) is 0. The zero-order chi connectivity index (χ0) is 9.14. The van der Waals surface area contributed by atoms with Crippen molar-refractivity contribution in [3.63, 3.8) is 0 Å². The summed E-state index contributed by atoms with van der Waals surface area (Å²) >= 11 is 0. The van der Waals surface area contributed by atoms with Gasteiger partial charge >= 0.3 is 5.97 Å². The van der Waals surface area contributed by atoms with Gasteiger partial charge in [-0.1, -0.05) is 0 Å². The molecular weight excluding hydrogens is 154 g/mol. The molecule has 12 heavy (non-hydrogen) atoms. The lowest BCUT2D eigenvalue weighted by Crippen LogP contribution is -2.08. The zero-order valence-corrected chi connectivity index (χ0v) is 7.11. The molecule has 0 radical (unpaired) electrons. The van der Waals surface area contributed by atoms with E-state index in [0.717, 1.165) is 11.1 Å². The van der Waals surface area contributed by atoms with E-state index in [1.807, 2.05) is 6.92 Å². The van der Waals surface area contributed by atoms with Gasteiger partial charge in [0, 0.05) is 12.4 Å². The van der Waals surface area contributed by atoms with Crippen LogP contribution in [0.5, 0.6) is 0 Å². The monoisotopic (exact) mass is 165 g/mol. The number of carbonyl (C=O) groups is 1. The Balaban J connectivity index is 3.02. The van der Waals surface area contributed by atoms with Gasteiger partial charge in [0.15, 0.2) is 0 Å². The molecule has 0 spiro atoms. The standard InChI is InChI=1S/C9H11NO2/c1-6-5-10-4-3-8(6)7(2)9(11)12/h3-5,7H,1-2H3,(H,11,12). The van der Waals surface area contributed by atoms with Crippen LogP contribution >= 0.6 is 0 Å². The highest BCUT2D eigenvalue weighted by molar-refractivity contribution is 5.75. The van der Waals surface area contributed by atoms with E-state index in [1.165, 1.54) is 0 Å². The summed E-state index contributed by atoms with van der Waals surface area (Å²) in [4.78, 5) is 14.5. The predicted octanol–water partition coefficient (Wildman–Crippen LogP) is 1.58. The quantitative estimate of drug-likeness (QED) is 0.723. The smallest absolute Gasteiger partial charge is 0.310 e. The molecule has 1 atom stereocenters. The minimum atomic E-state index is -0.802. The fourth-order valence-corrected chi connectivity index (χ4v) is 1.10. The second-order valence-electron chi connectivity index (χ2n) is 2.79. The molecule has 0 aliphatic heterocycles. The first-order valence-corrected chi connectivity index (χ1v) is 3.76. The van der Waals surface area contributed by atoms with Crippen LogP contribution in [0.25, 0.3) is 0 Å². The summed E-state index contributed by atoms with van der Waals surface area (Å²) in [6.45, 7) is 3.53. The van der Waals surface area contributed by atoms with Gasteiger partial charge in [0.2, 0.25) is 0 Å². The third-order valence-electron chi connectivity index (χ3n) is 1.90. The van der Waals surface area contributed by atoms with Gasteiger partial charge in [-0.05, 0) is 31.0 Å². The van der Waals surface area contributed by atoms with Crippen LogP contribution in [0.2, 0.25) is 0 Å². The van der Waals surface area contributed by atoms with Gasteiger partial charge in [0.25, 0.3) is 0 Å². The molecule has 0 bridgehead atoms. The van der Waals surface area contributed by atoms with E-state index in [4.69, 9.17) is 5.11 Å². The third-order valence-corrected chi connectivity index (χ3v) is 1.90. The van der Waals surface area contributed by atoms with Crippen molar-refractivity contribution in [2.24, 2.45) is 0 Å². The average molecular weight is 165 g/mol. The SMILES string of the molecule is Cc1cnccc1C(C)C(=O)O. The highest BCUT2D eigenvalue weighted by Crippen LogP contribution is 2.17. The number of hydrogen-bond acceptors (Lipinski definition) is 2. The maximum absolute atomic E-state index is 10.6. The number of carboxylic acid groups (broad SMARTS) is 1. The number of aryl methyl sites for hydroxylation is 1. The fraction of sp³-hybridized carbons (Fsp3) is 0.333. The van der Waals surface area contributed by atoms with Crippen LogP contribution in [0.15, 0.2) is 18.5 Å². The number of pyridine rings is 1. The van der Waals surface area contributed by atoms with Crippen molar-refractivity contribution in [1.29, 1.82) is 0 Å². The summed E-state index contributed by atoms with van der Waals surface area (Å²) in [6, 6.07) is 1.74. The Bertz CT molecular complexity index is 296. The van der Waals surface area contributed by atoms with Crippen molar-refractivity contribution in [3.05, 3.63) is 29.6 Å². The van der Waals surface area contributed by atoms with E-state index in [0.29, 0.717) is 0 Å². The molecule has 3 heteroatoms. The Hall–Kier alpha value is -1.38. The van der Waals surface area contributed by atoms with Gasteiger partial charge in [-0.3, -0.25) is 9.78 Å². The highest BCUT2D eigenvalue weighted by Gasteiger charge is 2.14. The van der Waals surface area contributed by atoms with Gasteiger partial charge in [-0.15, -0.1) is 0 Å². The lowest BCUT2D eigenvalue weighted by atomic mass is 9.99. The van der Waals surface area contributed by atoms with Gasteiger partial charge in [0.1, 0.15) is 0 Å². The molecule has 1 rings (SSSR count). The number of aliphatic carboxylic acids is 1. The summed E-state index contributed by atoms with van der Waals surface area (Å²) in [6.07, 6.45) is 3.29. The molecule has 0 fully saturated rings. The van der Waals surface area contributed by atoms with Gasteiger partial charge in [0.05, 0.1) is 5.92 Å². The Morgan fingerprint density at radius 2 is 2.33 bits per heavy atom. The normalized spacial score (nSPS) is 12.5. The van der Waals surface area contributed by atoms with E-state index < -0.39 is 11.9 Å². The largest absolute Gasteiger partial charge is 0.481 e. The summed E-state index contributed by atoms with van der Waals surface area (Å²) in [5, 5.41) is 8.74. The Morgan fingerprint density at radius 3 is 2.83 bits per heavy atom. The molecule has 64 valence electrons. The predicted molar refractivity (Wildman–Crippen MR) is 45.0 cm³/mol. The Labute approximate surface area is 71.1 Å². The van der Waals surface area contributed by atoms with Crippen molar-refractivity contribution in [2.75, 3.05) is 0 Å². The number of aromatic nitrogens is 1. The molecule has 3 nitrogen and oxygen atoms in total. The molecule has 1 heterocycles. The molecule has 1 aromatic rings. The van der Waals surface area contributed by atoms with Crippen LogP contribution in [0.1, 0.15) is 24.0 Å². The second-order valence-corrected chi connectivity index (χ2v) is 2.79. The fourth-order valence-electron chi connectivity index (χ4n) is 1.10. The molecule has 0 aromatic carbocycles. The van der Waals surface area contributed by atoms with E-state index in [2.05, 4.69) is 4.98 Å². The number of nitrogens with zero attached hydrogens (tertiary/aromatic N) is 1. The lowest BCUT2D eigenvalue weighted by molar-refractivity contribution is -0.138. The highest BCUT2D eigenvalue weighted by atomic mass is 16.4. The Kier molecular flexibility index (Phi) is 2.43. The van der Waals surface area contributed by atoms with Crippen LogP contribution in [-0.4, -0.2) is 16.1 Å². The molecule has 0 aliphatic rings. The molecule has 1 unspecified atom stereocenters. The molecule has 0 saturated heterocycles. The van der Waals surface area contributed by atoms with Crippen molar-refractivity contribution in [1.82, 2.24) is 4.98 Å².